The van der Waals surface area contributed by atoms with Gasteiger partial charge in [0.15, 0.2) is 0 Å². The van der Waals surface area contributed by atoms with Gasteiger partial charge in [0.2, 0.25) is 0 Å². The molecule has 0 unspecified atom stereocenters. The van der Waals surface area contributed by atoms with Crippen molar-refractivity contribution in [2.45, 2.75) is 25.7 Å². The molecule has 112 valence electrons. The molecule has 1 aromatic carbocycles. The minimum atomic E-state index is -0.0557. The molecule has 1 amide bonds. The molecule has 0 atom stereocenters. The van der Waals surface area contributed by atoms with Crippen LogP contribution in [0, 0.1) is 0 Å². The molecule has 3 nitrogen and oxygen atoms in total. The second kappa shape index (κ2) is 10.1. The first-order chi connectivity index (χ1) is 9.69. The van der Waals surface area contributed by atoms with Crippen LogP contribution in [0.25, 0.3) is 0 Å². The van der Waals surface area contributed by atoms with E-state index in [1.807, 2.05) is 23.9 Å². The van der Waals surface area contributed by atoms with E-state index < -0.39 is 0 Å². The molecule has 1 rings (SSSR count). The van der Waals surface area contributed by atoms with Crippen molar-refractivity contribution in [3.05, 3.63) is 28.2 Å². The monoisotopic (exact) mass is 359 g/mol. The fourth-order valence-corrected chi connectivity index (χ4v) is 2.75. The maximum Gasteiger partial charge on any atom is 0.252 e. The van der Waals surface area contributed by atoms with Gasteiger partial charge in [0.25, 0.3) is 5.91 Å². The Hall–Kier alpha value is -0.680. The number of unbranched alkanes of at least 4 members (excludes halogenated alkanes) is 3. The van der Waals surface area contributed by atoms with Crippen LogP contribution in [0.2, 0.25) is 0 Å². The van der Waals surface area contributed by atoms with Gasteiger partial charge in [-0.3, -0.25) is 4.79 Å². The molecule has 0 aromatic heterocycles. The zero-order valence-corrected chi connectivity index (χ0v) is 14.5. The summed E-state index contributed by atoms with van der Waals surface area (Å²) in [4.78, 5) is 12.1. The van der Waals surface area contributed by atoms with Crippen LogP contribution >= 0.6 is 27.7 Å². The summed E-state index contributed by atoms with van der Waals surface area (Å²) in [5, 5.41) is 2.95. The predicted octanol–water partition coefficient (Wildman–Crippen LogP) is 4.11. The normalized spacial score (nSPS) is 10.3. The van der Waals surface area contributed by atoms with Gasteiger partial charge in [0.05, 0.1) is 12.7 Å². The standard InChI is InChI=1S/C15H22BrNO2S/c1-19-12-7-8-14(16)13(11-12)15(18)17-9-5-3-4-6-10-20-2/h7-8,11H,3-6,9-10H2,1-2H3,(H,17,18). The lowest BCUT2D eigenvalue weighted by atomic mass is 10.2. The van der Waals surface area contributed by atoms with Crippen molar-refractivity contribution in [3.63, 3.8) is 0 Å². The number of amides is 1. The van der Waals surface area contributed by atoms with E-state index in [0.717, 1.165) is 17.4 Å². The van der Waals surface area contributed by atoms with Crippen molar-refractivity contribution >= 4 is 33.6 Å². The van der Waals surface area contributed by atoms with Gasteiger partial charge in [-0.25, -0.2) is 0 Å². The molecule has 0 saturated heterocycles. The quantitative estimate of drug-likeness (QED) is 0.674. The molecular weight excluding hydrogens is 338 g/mol. The lowest BCUT2D eigenvalue weighted by Crippen LogP contribution is -2.24. The molecule has 0 bridgehead atoms. The number of ether oxygens (including phenoxy) is 1. The summed E-state index contributed by atoms with van der Waals surface area (Å²) < 4.78 is 5.93. The van der Waals surface area contributed by atoms with Crippen LogP contribution in [0.15, 0.2) is 22.7 Å². The number of halogens is 1. The van der Waals surface area contributed by atoms with Gasteiger partial charge < -0.3 is 10.1 Å². The SMILES string of the molecule is COc1ccc(Br)c(C(=O)NCCCCCCSC)c1. The fraction of sp³-hybridized carbons (Fsp3) is 0.533. The van der Waals surface area contributed by atoms with Crippen LogP contribution in [-0.4, -0.2) is 31.6 Å². The van der Waals surface area contributed by atoms with Gasteiger partial charge in [0.1, 0.15) is 5.75 Å². The van der Waals surface area contributed by atoms with Gasteiger partial charge >= 0.3 is 0 Å². The van der Waals surface area contributed by atoms with Gasteiger partial charge in [-0.2, -0.15) is 11.8 Å². The van der Waals surface area contributed by atoms with E-state index >= 15 is 0 Å². The van der Waals surface area contributed by atoms with Crippen LogP contribution in [0.5, 0.6) is 5.75 Å². The van der Waals surface area contributed by atoms with Crippen LogP contribution in [0.1, 0.15) is 36.0 Å². The number of rotatable bonds is 9. The molecule has 1 N–H and O–H groups in total. The molecule has 0 aliphatic rings. The van der Waals surface area contributed by atoms with Gasteiger partial charge in [-0.15, -0.1) is 0 Å². The smallest absolute Gasteiger partial charge is 0.252 e. The summed E-state index contributed by atoms with van der Waals surface area (Å²) in [5.41, 5.74) is 0.617. The van der Waals surface area contributed by atoms with E-state index in [4.69, 9.17) is 4.74 Å². The fourth-order valence-electron chi connectivity index (χ4n) is 1.83. The van der Waals surface area contributed by atoms with Crippen LogP contribution in [0.4, 0.5) is 0 Å². The van der Waals surface area contributed by atoms with E-state index in [-0.39, 0.29) is 5.91 Å². The average Bonchev–Trinajstić information content (AvgIpc) is 2.46. The molecule has 0 aliphatic heterocycles. The topological polar surface area (TPSA) is 38.3 Å². The lowest BCUT2D eigenvalue weighted by molar-refractivity contribution is 0.0952. The van der Waals surface area contributed by atoms with Crippen molar-refractivity contribution < 1.29 is 9.53 Å². The highest BCUT2D eigenvalue weighted by Gasteiger charge is 2.10. The first-order valence-corrected chi connectivity index (χ1v) is 8.98. The molecular formula is C15H22BrNO2S. The van der Waals surface area contributed by atoms with Gasteiger partial charge in [0, 0.05) is 11.0 Å². The average molecular weight is 360 g/mol. The van der Waals surface area contributed by atoms with E-state index in [1.54, 1.807) is 13.2 Å². The van der Waals surface area contributed by atoms with Gasteiger partial charge in [-0.1, -0.05) is 12.8 Å². The van der Waals surface area contributed by atoms with E-state index in [2.05, 4.69) is 27.5 Å². The predicted molar refractivity (Wildman–Crippen MR) is 89.9 cm³/mol. The minimum absolute atomic E-state index is 0.0557. The first-order valence-electron chi connectivity index (χ1n) is 6.79. The van der Waals surface area contributed by atoms with Crippen molar-refractivity contribution in [2.24, 2.45) is 0 Å². The number of carbonyl (C=O) groups is 1. The third-order valence-corrected chi connectivity index (χ3v) is 4.37. The van der Waals surface area contributed by atoms with E-state index in [0.29, 0.717) is 11.3 Å². The highest BCUT2D eigenvalue weighted by Crippen LogP contribution is 2.22. The van der Waals surface area contributed by atoms with Crippen LogP contribution in [-0.2, 0) is 0 Å². The van der Waals surface area contributed by atoms with Crippen molar-refractivity contribution in [1.82, 2.24) is 5.32 Å². The number of nitrogens with one attached hydrogen (secondary N) is 1. The number of hydrogen-bond acceptors (Lipinski definition) is 3. The lowest BCUT2D eigenvalue weighted by Gasteiger charge is -2.08. The Bertz CT molecular complexity index is 426. The third-order valence-electron chi connectivity index (χ3n) is 2.98. The molecule has 20 heavy (non-hydrogen) atoms. The summed E-state index contributed by atoms with van der Waals surface area (Å²) in [5.74, 6) is 1.86. The van der Waals surface area contributed by atoms with E-state index in [1.165, 1.54) is 25.0 Å². The maximum atomic E-state index is 12.1. The van der Waals surface area contributed by atoms with Crippen molar-refractivity contribution in [3.8, 4) is 5.75 Å². The zero-order chi connectivity index (χ0) is 14.8. The molecule has 0 spiro atoms. The second-order valence-corrected chi connectivity index (χ2v) is 6.35. The molecule has 5 heteroatoms. The number of benzene rings is 1. The van der Waals surface area contributed by atoms with Crippen molar-refractivity contribution in [2.75, 3.05) is 25.7 Å². The molecule has 0 saturated carbocycles. The molecule has 0 fully saturated rings. The summed E-state index contributed by atoms with van der Waals surface area (Å²) >= 11 is 5.28. The summed E-state index contributed by atoms with van der Waals surface area (Å²) in [7, 11) is 1.60. The Balaban J connectivity index is 2.32. The number of methoxy groups -OCH3 is 1. The third kappa shape index (κ3) is 6.18. The molecule has 1 aromatic rings. The Morgan fingerprint density at radius 1 is 1.30 bits per heavy atom. The summed E-state index contributed by atoms with van der Waals surface area (Å²) in [6, 6.07) is 5.40. The highest BCUT2D eigenvalue weighted by atomic mass is 79.9. The Kier molecular flexibility index (Phi) is 8.78. The maximum absolute atomic E-state index is 12.1. The summed E-state index contributed by atoms with van der Waals surface area (Å²) in [6.07, 6.45) is 6.82. The summed E-state index contributed by atoms with van der Waals surface area (Å²) in [6.45, 7) is 0.724. The van der Waals surface area contributed by atoms with Gasteiger partial charge in [-0.05, 0) is 59.0 Å². The highest BCUT2D eigenvalue weighted by molar-refractivity contribution is 9.10. The number of hydrogen-bond donors (Lipinski definition) is 1. The zero-order valence-electron chi connectivity index (χ0n) is 12.1. The Morgan fingerprint density at radius 3 is 2.75 bits per heavy atom. The van der Waals surface area contributed by atoms with Crippen LogP contribution < -0.4 is 10.1 Å². The Labute approximate surface area is 134 Å². The first kappa shape index (κ1) is 17.4. The van der Waals surface area contributed by atoms with Crippen LogP contribution in [0.3, 0.4) is 0 Å². The number of thioether (sulfide) groups is 1. The molecule has 0 aliphatic carbocycles. The number of carbonyl (C=O) groups excluding carboxylic acids is 1. The van der Waals surface area contributed by atoms with E-state index in [9.17, 15) is 4.79 Å². The van der Waals surface area contributed by atoms with Crippen molar-refractivity contribution in [1.29, 1.82) is 0 Å². The largest absolute Gasteiger partial charge is 0.497 e. The minimum Gasteiger partial charge on any atom is -0.497 e. The Morgan fingerprint density at radius 2 is 2.05 bits per heavy atom. The molecule has 0 radical (unpaired) electrons. The molecule has 0 heterocycles. The second-order valence-electron chi connectivity index (χ2n) is 4.51.